The van der Waals surface area contributed by atoms with E-state index in [0.717, 1.165) is 28.6 Å². The monoisotopic (exact) mass is 350 g/mol. The van der Waals surface area contributed by atoms with Crippen LogP contribution in [0.2, 0.25) is 0 Å². The van der Waals surface area contributed by atoms with Crippen LogP contribution >= 0.6 is 15.9 Å². The number of halogens is 1. The first-order valence-electron chi connectivity index (χ1n) is 7.58. The number of rotatable bonds is 7. The fourth-order valence-electron chi connectivity index (χ4n) is 2.60. The normalized spacial score (nSPS) is 12.8. The molecule has 0 aliphatic carbocycles. The number of hydrogen-bond acceptors (Lipinski definition) is 2. The molecule has 1 aromatic carbocycles. The Morgan fingerprint density at radius 2 is 1.95 bits per heavy atom. The highest BCUT2D eigenvalue weighted by molar-refractivity contribution is 9.10. The third kappa shape index (κ3) is 4.68. The van der Waals surface area contributed by atoms with E-state index >= 15 is 0 Å². The average Bonchev–Trinajstić information content (AvgIpc) is 2.88. The Hall–Kier alpha value is -1.13. The maximum Gasteiger partial charge on any atom is 0.0650 e. The lowest BCUT2D eigenvalue weighted by Gasteiger charge is -2.13. The van der Waals surface area contributed by atoms with Gasteiger partial charge in [0.25, 0.3) is 0 Å². The lowest BCUT2D eigenvalue weighted by atomic mass is 10.0. The zero-order chi connectivity index (χ0) is 15.2. The lowest BCUT2D eigenvalue weighted by molar-refractivity contribution is 0.173. The molecule has 0 aliphatic heterocycles. The Balaban J connectivity index is 1.95. The molecule has 0 spiro atoms. The molecular formula is C17H23BrN2O. The summed E-state index contributed by atoms with van der Waals surface area (Å²) in [4.78, 5) is 0. The maximum absolute atomic E-state index is 10.2. The molecule has 114 valence electrons. The summed E-state index contributed by atoms with van der Waals surface area (Å²) in [6, 6.07) is 10.5. The summed E-state index contributed by atoms with van der Waals surface area (Å²) in [5.74, 6) is 0. The number of nitrogens with zero attached hydrogens (tertiary/aromatic N) is 2. The van der Waals surface area contributed by atoms with E-state index < -0.39 is 6.10 Å². The zero-order valence-corrected chi connectivity index (χ0v) is 14.3. The van der Waals surface area contributed by atoms with Gasteiger partial charge in [-0.25, -0.2) is 0 Å². The second-order valence-corrected chi connectivity index (χ2v) is 6.37. The van der Waals surface area contributed by atoms with E-state index in [4.69, 9.17) is 0 Å². The highest BCUT2D eigenvalue weighted by atomic mass is 79.9. The van der Waals surface area contributed by atoms with Gasteiger partial charge in [0, 0.05) is 17.1 Å². The van der Waals surface area contributed by atoms with Gasteiger partial charge in [0.1, 0.15) is 0 Å². The van der Waals surface area contributed by atoms with Crippen LogP contribution in [0.4, 0.5) is 0 Å². The van der Waals surface area contributed by atoms with Gasteiger partial charge in [-0.1, -0.05) is 41.9 Å². The number of benzene rings is 1. The molecular weight excluding hydrogens is 328 g/mol. The smallest absolute Gasteiger partial charge is 0.0650 e. The molecule has 2 aromatic rings. The summed E-state index contributed by atoms with van der Waals surface area (Å²) in [6.45, 7) is 4.36. The second-order valence-electron chi connectivity index (χ2n) is 5.45. The average molecular weight is 351 g/mol. The van der Waals surface area contributed by atoms with E-state index in [1.165, 1.54) is 0 Å². The molecule has 0 saturated carbocycles. The summed E-state index contributed by atoms with van der Waals surface area (Å²) in [6.07, 6.45) is 5.04. The molecule has 1 N–H and O–H groups in total. The fraction of sp³-hybridized carbons (Fsp3) is 0.471. The number of hydrogen-bond donors (Lipinski definition) is 1. The van der Waals surface area contributed by atoms with Crippen molar-refractivity contribution in [2.24, 2.45) is 0 Å². The fourth-order valence-corrected chi connectivity index (χ4v) is 3.05. The predicted molar refractivity (Wildman–Crippen MR) is 89.4 cm³/mol. The molecule has 1 atom stereocenters. The van der Waals surface area contributed by atoms with Crippen LogP contribution in [0.15, 0.2) is 41.0 Å². The largest absolute Gasteiger partial charge is 0.392 e. The molecule has 21 heavy (non-hydrogen) atoms. The van der Waals surface area contributed by atoms with Crippen molar-refractivity contribution in [3.8, 4) is 0 Å². The summed E-state index contributed by atoms with van der Waals surface area (Å²) < 4.78 is 3.08. The molecule has 0 aliphatic rings. The van der Waals surface area contributed by atoms with Gasteiger partial charge in [-0.2, -0.15) is 5.10 Å². The summed E-state index contributed by atoms with van der Waals surface area (Å²) in [7, 11) is 0. The van der Waals surface area contributed by atoms with E-state index in [1.807, 2.05) is 41.2 Å². The number of aliphatic hydroxyl groups excluding tert-OH is 1. The van der Waals surface area contributed by atoms with Crippen molar-refractivity contribution >= 4 is 15.9 Å². The van der Waals surface area contributed by atoms with Crippen molar-refractivity contribution < 1.29 is 5.11 Å². The van der Waals surface area contributed by atoms with Crippen LogP contribution in [0.1, 0.15) is 44.0 Å². The van der Waals surface area contributed by atoms with Gasteiger partial charge in [-0.3, -0.25) is 4.68 Å². The topological polar surface area (TPSA) is 38.0 Å². The molecule has 0 saturated heterocycles. The van der Waals surface area contributed by atoms with Crippen molar-refractivity contribution in [3.63, 3.8) is 0 Å². The Morgan fingerprint density at radius 1 is 1.19 bits per heavy atom. The number of aromatic nitrogens is 2. The van der Waals surface area contributed by atoms with Crippen molar-refractivity contribution in [2.75, 3.05) is 0 Å². The van der Waals surface area contributed by atoms with E-state index in [9.17, 15) is 5.11 Å². The van der Waals surface area contributed by atoms with Crippen LogP contribution in [0.3, 0.4) is 0 Å². The van der Waals surface area contributed by atoms with E-state index in [2.05, 4.69) is 34.9 Å². The molecule has 0 bridgehead atoms. The first kappa shape index (κ1) is 16.2. The molecule has 0 fully saturated rings. The first-order valence-corrected chi connectivity index (χ1v) is 8.38. The van der Waals surface area contributed by atoms with Gasteiger partial charge in [0.15, 0.2) is 0 Å². The molecule has 1 aromatic heterocycles. The van der Waals surface area contributed by atoms with Gasteiger partial charge < -0.3 is 5.11 Å². The van der Waals surface area contributed by atoms with Crippen molar-refractivity contribution in [2.45, 2.75) is 51.7 Å². The van der Waals surface area contributed by atoms with Gasteiger partial charge in [0.05, 0.1) is 17.8 Å². The molecule has 4 heteroatoms. The van der Waals surface area contributed by atoms with Crippen LogP contribution in [0.5, 0.6) is 0 Å². The molecule has 2 rings (SSSR count). The summed E-state index contributed by atoms with van der Waals surface area (Å²) in [5.41, 5.74) is 2.10. The third-order valence-corrected chi connectivity index (χ3v) is 4.28. The van der Waals surface area contributed by atoms with E-state index in [0.29, 0.717) is 18.9 Å². The zero-order valence-electron chi connectivity index (χ0n) is 12.7. The summed E-state index contributed by atoms with van der Waals surface area (Å²) >= 11 is 3.46. The third-order valence-electron chi connectivity index (χ3n) is 3.79. The predicted octanol–water partition coefficient (Wildman–Crippen LogP) is 4.15. The minimum absolute atomic E-state index is 0.399. The van der Waals surface area contributed by atoms with Gasteiger partial charge in [-0.05, 0) is 43.0 Å². The SMILES string of the molecule is CCC(CC)n1ccc(CC(O)Cc2cccc(Br)c2)n1. The molecule has 0 radical (unpaired) electrons. The highest BCUT2D eigenvalue weighted by Gasteiger charge is 2.12. The molecule has 0 amide bonds. The first-order chi connectivity index (χ1) is 10.1. The highest BCUT2D eigenvalue weighted by Crippen LogP contribution is 2.17. The quantitative estimate of drug-likeness (QED) is 0.814. The van der Waals surface area contributed by atoms with Gasteiger partial charge in [-0.15, -0.1) is 0 Å². The standard InChI is InChI=1S/C17H23BrN2O/c1-3-16(4-2)20-9-8-15(19-20)12-17(21)11-13-6-5-7-14(18)10-13/h5-10,16-17,21H,3-4,11-12H2,1-2H3. The molecule has 1 heterocycles. The Bertz CT molecular complexity index is 563. The van der Waals surface area contributed by atoms with Crippen LogP contribution in [0.25, 0.3) is 0 Å². The Labute approximate surface area is 135 Å². The van der Waals surface area contributed by atoms with E-state index in [1.54, 1.807) is 0 Å². The van der Waals surface area contributed by atoms with Crippen LogP contribution in [0, 0.1) is 0 Å². The Morgan fingerprint density at radius 3 is 2.62 bits per heavy atom. The van der Waals surface area contributed by atoms with Crippen molar-refractivity contribution in [1.29, 1.82) is 0 Å². The minimum Gasteiger partial charge on any atom is -0.392 e. The minimum atomic E-state index is -0.399. The van der Waals surface area contributed by atoms with Gasteiger partial charge in [0.2, 0.25) is 0 Å². The lowest BCUT2D eigenvalue weighted by Crippen LogP contribution is -2.15. The second kappa shape index (κ2) is 7.76. The van der Waals surface area contributed by atoms with Crippen molar-refractivity contribution in [1.82, 2.24) is 9.78 Å². The van der Waals surface area contributed by atoms with Gasteiger partial charge >= 0.3 is 0 Å². The van der Waals surface area contributed by atoms with Crippen molar-refractivity contribution in [3.05, 3.63) is 52.3 Å². The van der Waals surface area contributed by atoms with E-state index in [-0.39, 0.29) is 0 Å². The van der Waals surface area contributed by atoms with Crippen LogP contribution in [-0.2, 0) is 12.8 Å². The molecule has 1 unspecified atom stereocenters. The van der Waals surface area contributed by atoms with Crippen LogP contribution in [-0.4, -0.2) is 21.0 Å². The van der Waals surface area contributed by atoms with Crippen LogP contribution < -0.4 is 0 Å². The summed E-state index contributed by atoms with van der Waals surface area (Å²) in [5, 5.41) is 14.8. The number of aliphatic hydroxyl groups is 1. The molecule has 3 nitrogen and oxygen atoms in total. The maximum atomic E-state index is 10.2. The Kier molecular flexibility index (Phi) is 6.00.